The fraction of sp³-hybridized carbons (Fsp3) is 0.318. The molecule has 154 valence electrons. The number of carbonyl (C=O) groups is 1. The molecule has 5 nitrogen and oxygen atoms in total. The molecule has 1 fully saturated rings. The number of rotatable bonds is 9. The number of ether oxygens (including phenoxy) is 3. The van der Waals surface area contributed by atoms with E-state index < -0.39 is 6.61 Å². The summed E-state index contributed by atoms with van der Waals surface area (Å²) in [5, 5.41) is 0. The second-order valence-electron chi connectivity index (χ2n) is 6.47. The second-order valence-corrected chi connectivity index (χ2v) is 6.47. The Morgan fingerprint density at radius 2 is 1.69 bits per heavy atom. The van der Waals surface area contributed by atoms with Gasteiger partial charge in [0.2, 0.25) is 0 Å². The predicted octanol–water partition coefficient (Wildman–Crippen LogP) is 3.90. The van der Waals surface area contributed by atoms with Crippen LogP contribution in [0.25, 0.3) is 6.08 Å². The Bertz CT molecular complexity index is 801. The van der Waals surface area contributed by atoms with Crippen LogP contribution in [-0.2, 0) is 4.74 Å². The number of hydrogen-bond donors (Lipinski definition) is 0. The quantitative estimate of drug-likeness (QED) is 0.470. The summed E-state index contributed by atoms with van der Waals surface area (Å²) in [6.45, 7) is 2.00. The fourth-order valence-corrected chi connectivity index (χ4v) is 2.86. The van der Waals surface area contributed by atoms with E-state index in [1.807, 2.05) is 24.3 Å². The molecule has 0 aliphatic carbocycles. The molecular formula is C22H23F2NO4. The Balaban J connectivity index is 1.46. The summed E-state index contributed by atoms with van der Waals surface area (Å²) in [4.78, 5) is 14.5. The van der Waals surface area contributed by atoms with Crippen LogP contribution < -0.4 is 9.47 Å². The average molecular weight is 403 g/mol. The molecule has 0 radical (unpaired) electrons. The molecule has 1 saturated heterocycles. The molecule has 2 aromatic rings. The maximum atomic E-state index is 12.2. The first kappa shape index (κ1) is 21.0. The summed E-state index contributed by atoms with van der Waals surface area (Å²) < 4.78 is 39.7. The van der Waals surface area contributed by atoms with Crippen molar-refractivity contribution in [3.8, 4) is 11.5 Å². The van der Waals surface area contributed by atoms with Crippen LogP contribution in [0.2, 0.25) is 0 Å². The molecule has 3 rings (SSSR count). The van der Waals surface area contributed by atoms with E-state index in [0.29, 0.717) is 12.2 Å². The van der Waals surface area contributed by atoms with Crippen LogP contribution in [0.15, 0.2) is 54.6 Å². The standard InChI is InChI=1S/C22H23F2NO4/c23-22(24)29-20-8-4-18(5-9-20)21(26)10-3-17-1-6-19(7-2-17)28-16-13-25-11-14-27-15-12-25/h1-10,22H,11-16H2/b10-3+. The Morgan fingerprint density at radius 1 is 1.03 bits per heavy atom. The SMILES string of the molecule is O=C(/C=C/c1ccc(OCCN2CCOCC2)cc1)c1ccc(OC(F)F)cc1. The minimum Gasteiger partial charge on any atom is -0.492 e. The van der Waals surface area contributed by atoms with Crippen molar-refractivity contribution in [3.63, 3.8) is 0 Å². The third kappa shape index (κ3) is 6.96. The van der Waals surface area contributed by atoms with Crippen molar-refractivity contribution >= 4 is 11.9 Å². The highest BCUT2D eigenvalue weighted by Gasteiger charge is 2.10. The van der Waals surface area contributed by atoms with Crippen LogP contribution in [0, 0.1) is 0 Å². The highest BCUT2D eigenvalue weighted by Crippen LogP contribution is 2.17. The zero-order valence-electron chi connectivity index (χ0n) is 15.9. The van der Waals surface area contributed by atoms with Crippen LogP contribution in [0.1, 0.15) is 15.9 Å². The maximum absolute atomic E-state index is 12.2. The summed E-state index contributed by atoms with van der Waals surface area (Å²) in [6, 6.07) is 13.1. The van der Waals surface area contributed by atoms with Crippen molar-refractivity contribution in [3.05, 3.63) is 65.7 Å². The molecule has 1 heterocycles. The van der Waals surface area contributed by atoms with Crippen molar-refractivity contribution in [2.45, 2.75) is 6.61 Å². The van der Waals surface area contributed by atoms with Gasteiger partial charge in [0.25, 0.3) is 0 Å². The first-order valence-electron chi connectivity index (χ1n) is 9.40. The number of halogens is 2. The molecule has 0 amide bonds. The lowest BCUT2D eigenvalue weighted by Gasteiger charge is -2.26. The van der Waals surface area contributed by atoms with Crippen molar-refractivity contribution < 1.29 is 27.8 Å². The van der Waals surface area contributed by atoms with Gasteiger partial charge in [-0.25, -0.2) is 0 Å². The number of allylic oxidation sites excluding steroid dienone is 1. The lowest BCUT2D eigenvalue weighted by molar-refractivity contribution is -0.0498. The van der Waals surface area contributed by atoms with Gasteiger partial charge in [-0.2, -0.15) is 8.78 Å². The van der Waals surface area contributed by atoms with E-state index in [4.69, 9.17) is 9.47 Å². The number of carbonyl (C=O) groups excluding carboxylic acids is 1. The zero-order valence-corrected chi connectivity index (χ0v) is 15.9. The Kier molecular flexibility index (Phi) is 7.72. The molecule has 0 unspecified atom stereocenters. The lowest BCUT2D eigenvalue weighted by atomic mass is 10.1. The van der Waals surface area contributed by atoms with Gasteiger partial charge in [0.05, 0.1) is 13.2 Å². The van der Waals surface area contributed by atoms with Gasteiger partial charge in [0.15, 0.2) is 5.78 Å². The number of benzene rings is 2. The molecule has 7 heteroatoms. The molecule has 2 aromatic carbocycles. The van der Waals surface area contributed by atoms with Crippen molar-refractivity contribution in [1.82, 2.24) is 4.90 Å². The van der Waals surface area contributed by atoms with E-state index in [1.54, 1.807) is 6.08 Å². The third-order valence-corrected chi connectivity index (χ3v) is 4.45. The number of alkyl halides is 2. The molecule has 0 bridgehead atoms. The lowest BCUT2D eigenvalue weighted by Crippen LogP contribution is -2.38. The molecule has 0 aromatic heterocycles. The van der Waals surface area contributed by atoms with E-state index in [0.717, 1.165) is 44.2 Å². The molecule has 0 spiro atoms. The minimum atomic E-state index is -2.89. The van der Waals surface area contributed by atoms with Gasteiger partial charge in [-0.05, 0) is 48.0 Å². The summed E-state index contributed by atoms with van der Waals surface area (Å²) in [5.41, 5.74) is 1.25. The predicted molar refractivity (Wildman–Crippen MR) is 106 cm³/mol. The smallest absolute Gasteiger partial charge is 0.387 e. The van der Waals surface area contributed by atoms with Gasteiger partial charge in [-0.3, -0.25) is 9.69 Å². The van der Waals surface area contributed by atoms with E-state index in [-0.39, 0.29) is 11.5 Å². The largest absolute Gasteiger partial charge is 0.492 e. The van der Waals surface area contributed by atoms with Crippen molar-refractivity contribution in [1.29, 1.82) is 0 Å². The Morgan fingerprint density at radius 3 is 2.34 bits per heavy atom. The summed E-state index contributed by atoms with van der Waals surface area (Å²) in [5.74, 6) is 0.570. The summed E-state index contributed by atoms with van der Waals surface area (Å²) in [7, 11) is 0. The Hall–Kier alpha value is -2.77. The van der Waals surface area contributed by atoms with Crippen LogP contribution in [0.3, 0.4) is 0 Å². The highest BCUT2D eigenvalue weighted by molar-refractivity contribution is 6.06. The van der Waals surface area contributed by atoms with Gasteiger partial charge < -0.3 is 14.2 Å². The number of ketones is 1. The maximum Gasteiger partial charge on any atom is 0.387 e. The van der Waals surface area contributed by atoms with Gasteiger partial charge in [0.1, 0.15) is 18.1 Å². The van der Waals surface area contributed by atoms with Gasteiger partial charge in [-0.1, -0.05) is 18.2 Å². The molecule has 0 atom stereocenters. The van der Waals surface area contributed by atoms with Crippen LogP contribution in [0.4, 0.5) is 8.78 Å². The molecule has 0 saturated carbocycles. The van der Waals surface area contributed by atoms with Gasteiger partial charge >= 0.3 is 6.61 Å². The topological polar surface area (TPSA) is 48.0 Å². The molecule has 29 heavy (non-hydrogen) atoms. The normalized spacial score (nSPS) is 15.0. The number of hydrogen-bond acceptors (Lipinski definition) is 5. The van der Waals surface area contributed by atoms with Crippen LogP contribution in [0.5, 0.6) is 11.5 Å². The molecule has 1 aliphatic rings. The monoisotopic (exact) mass is 403 g/mol. The third-order valence-electron chi connectivity index (χ3n) is 4.45. The van der Waals surface area contributed by atoms with Crippen molar-refractivity contribution in [2.24, 2.45) is 0 Å². The van der Waals surface area contributed by atoms with Gasteiger partial charge in [-0.15, -0.1) is 0 Å². The number of morpholine rings is 1. The minimum absolute atomic E-state index is 0.0183. The molecule has 0 N–H and O–H groups in total. The van der Waals surface area contributed by atoms with Gasteiger partial charge in [0, 0.05) is 25.2 Å². The molecular weight excluding hydrogens is 380 g/mol. The Labute approximate surface area is 168 Å². The van der Waals surface area contributed by atoms with Crippen LogP contribution >= 0.6 is 0 Å². The average Bonchev–Trinajstić information content (AvgIpc) is 2.74. The summed E-state index contributed by atoms with van der Waals surface area (Å²) in [6.07, 6.45) is 3.14. The highest BCUT2D eigenvalue weighted by atomic mass is 19.3. The van der Waals surface area contributed by atoms with Crippen molar-refractivity contribution in [2.75, 3.05) is 39.5 Å². The second kappa shape index (κ2) is 10.7. The first-order valence-corrected chi connectivity index (χ1v) is 9.40. The fourth-order valence-electron chi connectivity index (χ4n) is 2.86. The van der Waals surface area contributed by atoms with E-state index in [2.05, 4.69) is 9.64 Å². The van der Waals surface area contributed by atoms with Crippen LogP contribution in [-0.4, -0.2) is 56.7 Å². The van der Waals surface area contributed by atoms with E-state index in [9.17, 15) is 13.6 Å². The van der Waals surface area contributed by atoms with E-state index in [1.165, 1.54) is 30.3 Å². The summed E-state index contributed by atoms with van der Waals surface area (Å²) >= 11 is 0. The zero-order chi connectivity index (χ0) is 20.5. The number of nitrogens with zero attached hydrogens (tertiary/aromatic N) is 1. The molecule has 1 aliphatic heterocycles. The van der Waals surface area contributed by atoms with E-state index >= 15 is 0 Å². The first-order chi connectivity index (χ1) is 14.1.